The van der Waals surface area contributed by atoms with Gasteiger partial charge in [0.15, 0.2) is 5.82 Å². The van der Waals surface area contributed by atoms with Gasteiger partial charge in [0, 0.05) is 10.9 Å². The van der Waals surface area contributed by atoms with E-state index in [0.29, 0.717) is 39.8 Å². The number of anilines is 1. The third-order valence-corrected chi connectivity index (χ3v) is 11.6. The predicted octanol–water partition coefficient (Wildman–Crippen LogP) is 6.13. The van der Waals surface area contributed by atoms with E-state index in [-0.39, 0.29) is 41.4 Å². The molecule has 8 rings (SSSR count). The van der Waals surface area contributed by atoms with E-state index in [1.807, 2.05) is 6.07 Å². The number of rotatable bonds is 10. The van der Waals surface area contributed by atoms with Gasteiger partial charge in [-0.3, -0.25) is 10.1 Å². The molecule has 18 heteroatoms. The third kappa shape index (κ3) is 8.24. The molecular formula is C41H52BN7O10. The number of carboxylic acid groups (broad SMARTS) is 1. The highest BCUT2D eigenvalue weighted by atomic mass is 16.7. The van der Waals surface area contributed by atoms with Crippen LogP contribution >= 0.6 is 0 Å². The lowest BCUT2D eigenvalue weighted by Crippen LogP contribution is -2.65. The van der Waals surface area contributed by atoms with E-state index in [0.717, 1.165) is 17.5 Å². The van der Waals surface area contributed by atoms with Gasteiger partial charge in [0.25, 0.3) is 0 Å². The Morgan fingerprint density at radius 2 is 1.76 bits per heavy atom. The van der Waals surface area contributed by atoms with E-state index >= 15 is 0 Å². The monoisotopic (exact) mass is 813 g/mol. The largest absolute Gasteiger partial charge is 0.496 e. The van der Waals surface area contributed by atoms with Crippen LogP contribution in [-0.4, -0.2) is 97.0 Å². The second-order valence-electron chi connectivity index (χ2n) is 18.4. The molecule has 1 aliphatic heterocycles. The van der Waals surface area contributed by atoms with Gasteiger partial charge in [-0.1, -0.05) is 37.3 Å². The number of carbonyl (C=O) groups excluding carboxylic acids is 3. The standard InChI is InChI=1S/C41H52BN7O10/c1-38(2,3)56-35(51)25-13-11-12-23(33(25)55-10)17-31(42-58-30-19-24-18-29(40(24,7)8)41(30,9)59-42)43-32(50)21-48-20-27(45-47-48)22-14-15-28-26(16-22)34(46-49(28)37(53)54)44-36(52)57-39(4,5)6/h11-16,20,24,29-31H,17-19,21H2,1-10H3,(H,43,50)(H,53,54)(H,44,46,52)/t24-,29-,30+,31-,41-/m0/s1. The molecule has 314 valence electrons. The van der Waals surface area contributed by atoms with Crippen molar-refractivity contribution in [3.05, 3.63) is 53.7 Å². The number of methoxy groups -OCH3 is 1. The fraction of sp³-hybridized carbons (Fsp3) is 0.537. The summed E-state index contributed by atoms with van der Waals surface area (Å²) in [5.74, 6) is -0.487. The second kappa shape index (κ2) is 15.0. The van der Waals surface area contributed by atoms with Crippen LogP contribution in [0.5, 0.6) is 5.75 Å². The molecule has 0 unspecified atom stereocenters. The van der Waals surface area contributed by atoms with Crippen molar-refractivity contribution in [2.45, 2.75) is 117 Å². The van der Waals surface area contributed by atoms with Crippen LogP contribution in [0.1, 0.15) is 91.1 Å². The molecule has 4 fully saturated rings. The van der Waals surface area contributed by atoms with Gasteiger partial charge < -0.3 is 33.9 Å². The lowest BCUT2D eigenvalue weighted by Gasteiger charge is -2.64. The molecule has 3 heterocycles. The van der Waals surface area contributed by atoms with Crippen molar-refractivity contribution in [1.82, 2.24) is 30.1 Å². The van der Waals surface area contributed by atoms with E-state index in [2.05, 4.69) is 46.8 Å². The van der Waals surface area contributed by atoms with Crippen molar-refractivity contribution in [3.63, 3.8) is 0 Å². The highest BCUT2D eigenvalue weighted by Gasteiger charge is 2.68. The molecule has 4 aliphatic rings. The molecule has 3 aliphatic carbocycles. The Morgan fingerprint density at radius 3 is 2.42 bits per heavy atom. The zero-order valence-electron chi connectivity index (χ0n) is 35.1. The summed E-state index contributed by atoms with van der Waals surface area (Å²) < 4.78 is 32.4. The van der Waals surface area contributed by atoms with E-state index < -0.39 is 53.9 Å². The molecule has 17 nitrogen and oxygen atoms in total. The normalized spacial score (nSPS) is 22.5. The maximum absolute atomic E-state index is 13.9. The van der Waals surface area contributed by atoms with Gasteiger partial charge in [0.1, 0.15) is 34.8 Å². The lowest BCUT2D eigenvalue weighted by molar-refractivity contribution is -0.199. The first-order valence-corrected chi connectivity index (χ1v) is 19.7. The first-order chi connectivity index (χ1) is 27.6. The van der Waals surface area contributed by atoms with E-state index in [9.17, 15) is 24.3 Å². The summed E-state index contributed by atoms with van der Waals surface area (Å²) in [5, 5.41) is 28.3. The number of amides is 2. The highest BCUT2D eigenvalue weighted by molar-refractivity contribution is 6.48. The zero-order valence-corrected chi connectivity index (χ0v) is 35.1. The van der Waals surface area contributed by atoms with Crippen LogP contribution in [0.2, 0.25) is 0 Å². The molecule has 2 aromatic carbocycles. The van der Waals surface area contributed by atoms with Crippen molar-refractivity contribution >= 4 is 47.9 Å². The minimum Gasteiger partial charge on any atom is -0.496 e. The Labute approximate surface area is 342 Å². The number of para-hydroxylation sites is 1. The van der Waals surface area contributed by atoms with Gasteiger partial charge in [-0.05, 0) is 109 Å². The topological polar surface area (TPSA) is 207 Å². The number of hydrogen-bond acceptors (Lipinski definition) is 12. The number of hydrogen-bond donors (Lipinski definition) is 3. The van der Waals surface area contributed by atoms with Gasteiger partial charge in [0.05, 0.1) is 36.5 Å². The van der Waals surface area contributed by atoms with Crippen molar-refractivity contribution in [2.75, 3.05) is 12.4 Å². The minimum absolute atomic E-state index is 0.0182. The van der Waals surface area contributed by atoms with E-state index in [4.69, 9.17) is 23.5 Å². The number of carbonyl (C=O) groups is 4. The molecule has 1 saturated heterocycles. The summed E-state index contributed by atoms with van der Waals surface area (Å²) in [4.78, 5) is 51.7. The summed E-state index contributed by atoms with van der Waals surface area (Å²) in [5.41, 5.74) is 0.101. The molecule has 2 bridgehead atoms. The Balaban J connectivity index is 1.13. The SMILES string of the molecule is COc1c(C[C@H](NC(=O)Cn2cc(-c3ccc4c(c3)c(NC(=O)OC(C)(C)C)nn4C(=O)O)nn2)B2O[C@@H]3C[C@@H]4C[C@@H](C4(C)C)[C@]3(C)O2)cccc1C(=O)OC(C)(C)C. The van der Waals surface area contributed by atoms with Crippen LogP contribution in [0.4, 0.5) is 15.4 Å². The molecule has 5 atom stereocenters. The van der Waals surface area contributed by atoms with Crippen molar-refractivity contribution in [2.24, 2.45) is 17.3 Å². The van der Waals surface area contributed by atoms with Crippen LogP contribution in [0.15, 0.2) is 42.6 Å². The Morgan fingerprint density at radius 1 is 1.03 bits per heavy atom. The number of nitrogens with one attached hydrogen (secondary N) is 2. The Hall–Kier alpha value is -5.49. The number of benzene rings is 2. The summed E-state index contributed by atoms with van der Waals surface area (Å²) in [6.07, 6.45) is 1.43. The van der Waals surface area contributed by atoms with Crippen molar-refractivity contribution in [1.29, 1.82) is 0 Å². The van der Waals surface area contributed by atoms with Gasteiger partial charge in [-0.25, -0.2) is 19.1 Å². The second-order valence-corrected chi connectivity index (χ2v) is 18.4. The maximum Gasteiger partial charge on any atom is 0.482 e. The van der Waals surface area contributed by atoms with E-state index in [1.54, 1.807) is 78.1 Å². The zero-order chi connectivity index (χ0) is 42.8. The summed E-state index contributed by atoms with van der Waals surface area (Å²) in [7, 11) is 0.692. The van der Waals surface area contributed by atoms with Crippen LogP contribution in [0.25, 0.3) is 22.2 Å². The van der Waals surface area contributed by atoms with Crippen LogP contribution < -0.4 is 15.4 Å². The van der Waals surface area contributed by atoms with Crippen LogP contribution in [0, 0.1) is 17.3 Å². The van der Waals surface area contributed by atoms with Crippen LogP contribution in [0.3, 0.4) is 0 Å². The molecule has 0 spiro atoms. The average Bonchev–Trinajstić information content (AvgIpc) is 3.84. The predicted molar refractivity (Wildman–Crippen MR) is 216 cm³/mol. The summed E-state index contributed by atoms with van der Waals surface area (Å²) >= 11 is 0. The number of fused-ring (bicyclic) bond motifs is 1. The van der Waals surface area contributed by atoms with Gasteiger partial charge in [0.2, 0.25) is 5.91 Å². The highest BCUT2D eigenvalue weighted by Crippen LogP contribution is 2.65. The molecule has 3 saturated carbocycles. The van der Waals surface area contributed by atoms with E-state index in [1.165, 1.54) is 11.8 Å². The fourth-order valence-corrected chi connectivity index (χ4v) is 8.83. The third-order valence-electron chi connectivity index (χ3n) is 11.6. The van der Waals surface area contributed by atoms with Crippen LogP contribution in [-0.2, 0) is 36.5 Å². The van der Waals surface area contributed by atoms with Gasteiger partial charge >= 0.3 is 25.3 Å². The average molecular weight is 814 g/mol. The Kier molecular flexibility index (Phi) is 10.6. The molecule has 2 amide bonds. The minimum atomic E-state index is -1.34. The summed E-state index contributed by atoms with van der Waals surface area (Å²) in [6, 6.07) is 10.0. The van der Waals surface area contributed by atoms with Crippen molar-refractivity contribution in [3.8, 4) is 17.0 Å². The first kappa shape index (κ1) is 41.7. The van der Waals surface area contributed by atoms with Crippen molar-refractivity contribution < 1.29 is 47.8 Å². The quantitative estimate of drug-likeness (QED) is 0.122. The molecule has 0 radical (unpaired) electrons. The number of nitrogens with zero attached hydrogens (tertiary/aromatic N) is 5. The molecule has 59 heavy (non-hydrogen) atoms. The molecule has 4 aromatic rings. The number of aromatic nitrogens is 5. The molecule has 2 aromatic heterocycles. The molecular weight excluding hydrogens is 761 g/mol. The molecule has 3 N–H and O–H groups in total. The van der Waals surface area contributed by atoms with Gasteiger partial charge in [-0.2, -0.15) is 4.68 Å². The smallest absolute Gasteiger partial charge is 0.482 e. The fourth-order valence-electron chi connectivity index (χ4n) is 8.83. The lowest BCUT2D eigenvalue weighted by atomic mass is 9.43. The number of ether oxygens (including phenoxy) is 3. The summed E-state index contributed by atoms with van der Waals surface area (Å²) in [6.45, 7) is 17.0. The van der Waals surface area contributed by atoms with Gasteiger partial charge in [-0.15, -0.1) is 10.2 Å². The first-order valence-electron chi connectivity index (χ1n) is 19.7. The number of esters is 1. The Bertz CT molecular complexity index is 2310. The maximum atomic E-state index is 13.9.